The van der Waals surface area contributed by atoms with Crippen LogP contribution in [0.15, 0.2) is 24.3 Å². The molecule has 0 heterocycles. The average molecular weight is 276 g/mol. The number of unbranched alkanes of at least 4 members (excludes halogenated alkanes) is 3. The van der Waals surface area contributed by atoms with E-state index in [-0.39, 0.29) is 12.5 Å². The van der Waals surface area contributed by atoms with Crippen molar-refractivity contribution in [3.05, 3.63) is 35.4 Å². The van der Waals surface area contributed by atoms with Gasteiger partial charge in [-0.25, -0.2) is 0 Å². The van der Waals surface area contributed by atoms with Gasteiger partial charge in [0.25, 0.3) is 0 Å². The fraction of sp³-hybridized carbons (Fsp3) is 0.667. The second-order valence-corrected chi connectivity index (χ2v) is 6.26. The summed E-state index contributed by atoms with van der Waals surface area (Å²) in [5, 5.41) is 19.9. The molecule has 0 amide bonds. The van der Waals surface area contributed by atoms with Gasteiger partial charge in [0.2, 0.25) is 0 Å². The van der Waals surface area contributed by atoms with Crippen LogP contribution in [0.3, 0.4) is 0 Å². The van der Waals surface area contributed by atoms with Gasteiger partial charge in [-0.15, -0.1) is 0 Å². The topological polar surface area (TPSA) is 40.5 Å². The minimum Gasteiger partial charge on any atom is -0.393 e. The zero-order valence-corrected chi connectivity index (χ0v) is 12.6. The summed E-state index contributed by atoms with van der Waals surface area (Å²) in [7, 11) is 0. The molecule has 1 fully saturated rings. The van der Waals surface area contributed by atoms with E-state index in [1.165, 1.54) is 36.8 Å². The van der Waals surface area contributed by atoms with E-state index < -0.39 is 5.60 Å². The SMILES string of the molecule is CCCCCCc1ccc([C@@H]2CCCC2(O)CO)cc1. The van der Waals surface area contributed by atoms with Crippen LogP contribution in [0.1, 0.15) is 68.9 Å². The lowest BCUT2D eigenvalue weighted by atomic mass is 9.85. The molecule has 1 aromatic rings. The number of hydrogen-bond donors (Lipinski definition) is 2. The molecule has 1 aromatic carbocycles. The molecule has 2 atom stereocenters. The highest BCUT2D eigenvalue weighted by molar-refractivity contribution is 5.29. The fourth-order valence-corrected chi connectivity index (χ4v) is 3.39. The molecule has 0 aromatic heterocycles. The standard InChI is InChI=1S/C18H28O2/c1-2-3-4-5-7-15-9-11-16(12-10-15)17-8-6-13-18(17,20)14-19/h9-12,17,19-20H,2-8,13-14H2,1H3/t17-,18?/m0/s1. The summed E-state index contributed by atoms with van der Waals surface area (Å²) < 4.78 is 0. The van der Waals surface area contributed by atoms with Crippen molar-refractivity contribution in [1.82, 2.24) is 0 Å². The van der Waals surface area contributed by atoms with Crippen molar-refractivity contribution in [3.63, 3.8) is 0 Å². The highest BCUT2D eigenvalue weighted by Gasteiger charge is 2.41. The van der Waals surface area contributed by atoms with Gasteiger partial charge >= 0.3 is 0 Å². The molecule has 2 heteroatoms. The maximum Gasteiger partial charge on any atom is 0.0945 e. The van der Waals surface area contributed by atoms with Gasteiger partial charge < -0.3 is 10.2 Å². The Bertz CT molecular complexity index is 398. The molecule has 0 bridgehead atoms. The Kier molecular flexibility index (Phi) is 5.62. The molecule has 0 aliphatic heterocycles. The van der Waals surface area contributed by atoms with Crippen molar-refractivity contribution < 1.29 is 10.2 Å². The van der Waals surface area contributed by atoms with E-state index in [0.717, 1.165) is 19.3 Å². The number of hydrogen-bond acceptors (Lipinski definition) is 2. The van der Waals surface area contributed by atoms with E-state index in [9.17, 15) is 10.2 Å². The van der Waals surface area contributed by atoms with E-state index in [0.29, 0.717) is 6.42 Å². The summed E-state index contributed by atoms with van der Waals surface area (Å²) in [6.07, 6.45) is 9.02. The van der Waals surface area contributed by atoms with E-state index in [1.807, 2.05) is 0 Å². The summed E-state index contributed by atoms with van der Waals surface area (Å²) >= 11 is 0. The number of rotatable bonds is 7. The summed E-state index contributed by atoms with van der Waals surface area (Å²) in [5.41, 5.74) is 1.66. The maximum absolute atomic E-state index is 10.4. The largest absolute Gasteiger partial charge is 0.393 e. The summed E-state index contributed by atoms with van der Waals surface area (Å²) in [6.45, 7) is 2.11. The third-order valence-corrected chi connectivity index (χ3v) is 4.73. The van der Waals surface area contributed by atoms with Crippen molar-refractivity contribution in [1.29, 1.82) is 0 Å². The quantitative estimate of drug-likeness (QED) is 0.744. The van der Waals surface area contributed by atoms with Crippen molar-refractivity contribution in [2.45, 2.75) is 69.8 Å². The molecule has 2 rings (SSSR count). The Labute approximate surface area is 122 Å². The number of aliphatic hydroxyl groups excluding tert-OH is 1. The second-order valence-electron chi connectivity index (χ2n) is 6.26. The second kappa shape index (κ2) is 7.24. The van der Waals surface area contributed by atoms with Crippen LogP contribution >= 0.6 is 0 Å². The lowest BCUT2D eigenvalue weighted by Gasteiger charge is -2.28. The van der Waals surface area contributed by atoms with Gasteiger partial charge in [-0.3, -0.25) is 0 Å². The normalized spacial score (nSPS) is 26.1. The summed E-state index contributed by atoms with van der Waals surface area (Å²) in [4.78, 5) is 0. The first-order valence-electron chi connectivity index (χ1n) is 8.11. The number of aliphatic hydroxyl groups is 2. The predicted octanol–water partition coefficient (Wildman–Crippen LogP) is 3.80. The Hall–Kier alpha value is -0.860. The van der Waals surface area contributed by atoms with E-state index >= 15 is 0 Å². The molecular formula is C18H28O2. The lowest BCUT2D eigenvalue weighted by molar-refractivity contribution is -0.0223. The van der Waals surface area contributed by atoms with Gasteiger partial charge in [0, 0.05) is 5.92 Å². The first-order valence-corrected chi connectivity index (χ1v) is 8.11. The van der Waals surface area contributed by atoms with Gasteiger partial charge in [-0.05, 0) is 43.2 Å². The van der Waals surface area contributed by atoms with Crippen molar-refractivity contribution >= 4 is 0 Å². The minimum atomic E-state index is -0.900. The van der Waals surface area contributed by atoms with Crippen LogP contribution in [0, 0.1) is 0 Å². The van der Waals surface area contributed by atoms with Gasteiger partial charge in [0.15, 0.2) is 0 Å². The zero-order chi connectivity index (χ0) is 14.4. The van der Waals surface area contributed by atoms with Gasteiger partial charge in [0.05, 0.1) is 12.2 Å². The molecule has 1 saturated carbocycles. The van der Waals surface area contributed by atoms with Crippen LogP contribution in [-0.2, 0) is 6.42 Å². The minimum absolute atomic E-state index is 0.0987. The first kappa shape index (κ1) is 15.5. The van der Waals surface area contributed by atoms with Crippen LogP contribution in [0.4, 0.5) is 0 Å². The first-order chi connectivity index (χ1) is 9.69. The number of aryl methyl sites for hydroxylation is 1. The molecule has 1 aliphatic carbocycles. The van der Waals surface area contributed by atoms with Crippen molar-refractivity contribution in [3.8, 4) is 0 Å². The molecule has 2 nitrogen and oxygen atoms in total. The van der Waals surface area contributed by atoms with Crippen molar-refractivity contribution in [2.75, 3.05) is 6.61 Å². The van der Waals surface area contributed by atoms with Crippen LogP contribution in [0.2, 0.25) is 0 Å². The van der Waals surface area contributed by atoms with Crippen LogP contribution < -0.4 is 0 Å². The molecule has 20 heavy (non-hydrogen) atoms. The molecule has 112 valence electrons. The van der Waals surface area contributed by atoms with Gasteiger partial charge in [-0.2, -0.15) is 0 Å². The van der Waals surface area contributed by atoms with Crippen LogP contribution in [-0.4, -0.2) is 22.4 Å². The molecule has 1 aliphatic rings. The summed E-state index contributed by atoms with van der Waals surface area (Å²) in [6, 6.07) is 8.67. The monoisotopic (exact) mass is 276 g/mol. The summed E-state index contributed by atoms with van der Waals surface area (Å²) in [5.74, 6) is 0.0987. The molecule has 0 saturated heterocycles. The fourth-order valence-electron chi connectivity index (χ4n) is 3.39. The smallest absolute Gasteiger partial charge is 0.0945 e. The molecular weight excluding hydrogens is 248 g/mol. The van der Waals surface area contributed by atoms with Crippen molar-refractivity contribution in [2.24, 2.45) is 0 Å². The predicted molar refractivity (Wildman–Crippen MR) is 82.9 cm³/mol. The molecule has 0 spiro atoms. The Morgan fingerprint density at radius 1 is 1.15 bits per heavy atom. The Morgan fingerprint density at radius 3 is 2.55 bits per heavy atom. The average Bonchev–Trinajstić information content (AvgIpc) is 2.87. The van der Waals surface area contributed by atoms with E-state index in [2.05, 4.69) is 31.2 Å². The third kappa shape index (κ3) is 3.62. The lowest BCUT2D eigenvalue weighted by Crippen LogP contribution is -2.35. The molecule has 1 unspecified atom stereocenters. The highest BCUT2D eigenvalue weighted by atomic mass is 16.3. The van der Waals surface area contributed by atoms with Crippen LogP contribution in [0.5, 0.6) is 0 Å². The van der Waals surface area contributed by atoms with Crippen LogP contribution in [0.25, 0.3) is 0 Å². The Balaban J connectivity index is 1.94. The van der Waals surface area contributed by atoms with E-state index in [4.69, 9.17) is 0 Å². The Morgan fingerprint density at radius 2 is 1.90 bits per heavy atom. The highest BCUT2D eigenvalue weighted by Crippen LogP contribution is 2.42. The number of benzene rings is 1. The van der Waals surface area contributed by atoms with Gasteiger partial charge in [0.1, 0.15) is 0 Å². The third-order valence-electron chi connectivity index (χ3n) is 4.73. The van der Waals surface area contributed by atoms with E-state index in [1.54, 1.807) is 0 Å². The molecule has 0 radical (unpaired) electrons. The maximum atomic E-state index is 10.4. The zero-order valence-electron chi connectivity index (χ0n) is 12.6. The molecule has 2 N–H and O–H groups in total. The van der Waals surface area contributed by atoms with Gasteiger partial charge in [-0.1, -0.05) is 50.5 Å².